The van der Waals surface area contributed by atoms with Crippen molar-refractivity contribution < 1.29 is 0 Å². The highest BCUT2D eigenvalue weighted by Crippen LogP contribution is 2.35. The molecular formula is C22H19N7S. The minimum atomic E-state index is 0.591. The molecule has 0 aliphatic heterocycles. The first kappa shape index (κ1) is 18.5. The molecule has 3 heterocycles. The summed E-state index contributed by atoms with van der Waals surface area (Å²) in [4.78, 5) is 4.64. The lowest BCUT2D eigenvalue weighted by Gasteiger charge is -2.13. The zero-order chi connectivity index (χ0) is 20.3. The molecule has 8 heteroatoms. The molecule has 0 radical (unpaired) electrons. The third-order valence-electron chi connectivity index (χ3n) is 4.94. The van der Waals surface area contributed by atoms with E-state index in [1.165, 1.54) is 5.56 Å². The number of hydrogen-bond acceptors (Lipinski definition) is 6. The van der Waals surface area contributed by atoms with Gasteiger partial charge in [-0.1, -0.05) is 55.5 Å². The lowest BCUT2D eigenvalue weighted by molar-refractivity contribution is 0.824. The molecule has 5 rings (SSSR count). The molecule has 0 aliphatic rings. The first-order valence-corrected chi connectivity index (χ1v) is 10.7. The molecule has 0 atom stereocenters. The zero-order valence-electron chi connectivity index (χ0n) is 16.4. The number of tetrazole rings is 1. The Kier molecular flexibility index (Phi) is 4.98. The van der Waals surface area contributed by atoms with Gasteiger partial charge < -0.3 is 0 Å². The van der Waals surface area contributed by atoms with Crippen LogP contribution in [0.15, 0.2) is 71.9 Å². The second-order valence-electron chi connectivity index (χ2n) is 6.77. The van der Waals surface area contributed by atoms with Gasteiger partial charge in [0, 0.05) is 23.1 Å². The Morgan fingerprint density at radius 2 is 1.77 bits per heavy atom. The maximum atomic E-state index is 4.64. The Bertz CT molecular complexity index is 1290. The molecule has 0 spiro atoms. The number of benzene rings is 2. The maximum Gasteiger partial charge on any atom is 0.205 e. The van der Waals surface area contributed by atoms with E-state index in [1.54, 1.807) is 18.0 Å². The summed E-state index contributed by atoms with van der Waals surface area (Å²) >= 11 is 1.76. The Labute approximate surface area is 177 Å². The number of aromatic amines is 1. The fourth-order valence-electron chi connectivity index (χ4n) is 3.47. The van der Waals surface area contributed by atoms with E-state index in [9.17, 15) is 0 Å². The lowest BCUT2D eigenvalue weighted by atomic mass is 9.96. The topological polar surface area (TPSA) is 84.7 Å². The molecule has 0 saturated carbocycles. The van der Waals surface area contributed by atoms with Crippen LogP contribution in [0.25, 0.3) is 28.2 Å². The number of H-pyrrole nitrogens is 1. The summed E-state index contributed by atoms with van der Waals surface area (Å²) in [6.07, 6.45) is 2.69. The van der Waals surface area contributed by atoms with Crippen molar-refractivity contribution in [1.82, 2.24) is 35.2 Å². The van der Waals surface area contributed by atoms with Gasteiger partial charge in [-0.25, -0.2) is 9.50 Å². The van der Waals surface area contributed by atoms with E-state index < -0.39 is 0 Å². The molecule has 0 fully saturated rings. The Morgan fingerprint density at radius 1 is 0.967 bits per heavy atom. The number of fused-ring (bicyclic) bond motifs is 1. The highest BCUT2D eigenvalue weighted by atomic mass is 32.2. The predicted octanol–water partition coefficient (Wildman–Crippen LogP) is 4.43. The molecule has 3 aromatic heterocycles. The molecule has 0 aliphatic carbocycles. The molecule has 0 unspecified atom stereocenters. The number of aromatic nitrogens is 7. The summed E-state index contributed by atoms with van der Waals surface area (Å²) < 4.78 is 1.90. The van der Waals surface area contributed by atoms with Crippen molar-refractivity contribution >= 4 is 17.4 Å². The van der Waals surface area contributed by atoms with E-state index in [-0.39, 0.29) is 0 Å². The van der Waals surface area contributed by atoms with Crippen LogP contribution < -0.4 is 0 Å². The van der Waals surface area contributed by atoms with Gasteiger partial charge in [0.1, 0.15) is 5.03 Å². The van der Waals surface area contributed by atoms with Gasteiger partial charge in [0.2, 0.25) is 5.82 Å². The first-order valence-electron chi connectivity index (χ1n) is 9.71. The van der Waals surface area contributed by atoms with Crippen molar-refractivity contribution in [2.75, 3.05) is 0 Å². The number of nitrogens with zero attached hydrogens (tertiary/aromatic N) is 6. The fraction of sp³-hybridized carbons (Fsp3) is 0.136. The standard InChI is InChI=1S/C22H19N7S/c1-2-16-13-21(29-20(24-16)11-12-23-29)30-14-15-7-3-4-8-17(15)18-9-5-6-10-19(18)22-25-27-28-26-22/h3-13H,2,14H2,1H3,(H,25,26,27,28). The smallest absolute Gasteiger partial charge is 0.205 e. The van der Waals surface area contributed by atoms with E-state index in [2.05, 4.69) is 74.0 Å². The largest absolute Gasteiger partial charge is 0.234 e. The van der Waals surface area contributed by atoms with Gasteiger partial charge in [0.15, 0.2) is 5.65 Å². The van der Waals surface area contributed by atoms with Gasteiger partial charge in [-0.05, 0) is 34.4 Å². The van der Waals surface area contributed by atoms with E-state index >= 15 is 0 Å². The van der Waals surface area contributed by atoms with Gasteiger partial charge >= 0.3 is 0 Å². The van der Waals surface area contributed by atoms with E-state index in [0.29, 0.717) is 5.82 Å². The van der Waals surface area contributed by atoms with Crippen molar-refractivity contribution in [3.05, 3.63) is 78.1 Å². The van der Waals surface area contributed by atoms with Gasteiger partial charge in [0.05, 0.1) is 6.20 Å². The van der Waals surface area contributed by atoms with Crippen LogP contribution in [0.1, 0.15) is 18.2 Å². The lowest BCUT2D eigenvalue weighted by Crippen LogP contribution is -1.99. The number of aryl methyl sites for hydroxylation is 1. The van der Waals surface area contributed by atoms with Crippen LogP contribution in [0.3, 0.4) is 0 Å². The Balaban J connectivity index is 1.52. The third kappa shape index (κ3) is 3.46. The highest BCUT2D eigenvalue weighted by Gasteiger charge is 2.14. The van der Waals surface area contributed by atoms with E-state index in [4.69, 9.17) is 0 Å². The van der Waals surface area contributed by atoms with Gasteiger partial charge in [0.25, 0.3) is 0 Å². The molecule has 1 N–H and O–H groups in total. The van der Waals surface area contributed by atoms with Crippen molar-refractivity contribution in [1.29, 1.82) is 0 Å². The molecule has 0 bridgehead atoms. The van der Waals surface area contributed by atoms with E-state index in [1.807, 2.05) is 28.8 Å². The second-order valence-corrected chi connectivity index (χ2v) is 7.76. The average molecular weight is 414 g/mol. The van der Waals surface area contributed by atoms with Crippen LogP contribution in [0.4, 0.5) is 0 Å². The monoisotopic (exact) mass is 413 g/mol. The summed E-state index contributed by atoms with van der Waals surface area (Å²) in [7, 11) is 0. The quantitative estimate of drug-likeness (QED) is 0.327. The molecule has 30 heavy (non-hydrogen) atoms. The summed E-state index contributed by atoms with van der Waals surface area (Å²) in [5.41, 5.74) is 6.38. The number of nitrogens with one attached hydrogen (secondary N) is 1. The van der Waals surface area contributed by atoms with Crippen molar-refractivity contribution in [3.63, 3.8) is 0 Å². The minimum Gasteiger partial charge on any atom is -0.234 e. The van der Waals surface area contributed by atoms with Gasteiger partial charge in [-0.3, -0.25) is 0 Å². The van der Waals surface area contributed by atoms with Crippen LogP contribution in [0.5, 0.6) is 0 Å². The van der Waals surface area contributed by atoms with Crippen LogP contribution in [0, 0.1) is 0 Å². The number of rotatable bonds is 6. The average Bonchev–Trinajstić information content (AvgIpc) is 3.49. The second kappa shape index (κ2) is 8.08. The van der Waals surface area contributed by atoms with Crippen molar-refractivity contribution in [2.24, 2.45) is 0 Å². The number of hydrogen-bond donors (Lipinski definition) is 1. The summed E-state index contributed by atoms with van der Waals surface area (Å²) in [5, 5.41) is 20.1. The summed E-state index contributed by atoms with van der Waals surface area (Å²) in [6, 6.07) is 20.7. The molecule has 148 valence electrons. The molecular weight excluding hydrogens is 394 g/mol. The molecule has 0 saturated heterocycles. The normalized spacial score (nSPS) is 11.2. The van der Waals surface area contributed by atoms with Crippen LogP contribution >= 0.6 is 11.8 Å². The minimum absolute atomic E-state index is 0.591. The van der Waals surface area contributed by atoms with Crippen molar-refractivity contribution in [2.45, 2.75) is 24.1 Å². The van der Waals surface area contributed by atoms with Crippen LogP contribution in [-0.2, 0) is 12.2 Å². The van der Waals surface area contributed by atoms with Gasteiger partial charge in [-0.15, -0.1) is 22.0 Å². The summed E-state index contributed by atoms with van der Waals surface area (Å²) in [6.45, 7) is 2.12. The fourth-order valence-corrected chi connectivity index (χ4v) is 4.50. The third-order valence-corrected chi connectivity index (χ3v) is 5.98. The summed E-state index contributed by atoms with van der Waals surface area (Å²) in [5.74, 6) is 1.40. The van der Waals surface area contributed by atoms with Gasteiger partial charge in [-0.2, -0.15) is 10.3 Å². The SMILES string of the molecule is CCc1cc(SCc2ccccc2-c2ccccc2-c2nn[nH]n2)n2nccc2n1. The first-order chi connectivity index (χ1) is 14.8. The predicted molar refractivity (Wildman–Crippen MR) is 117 cm³/mol. The Morgan fingerprint density at radius 3 is 2.57 bits per heavy atom. The van der Waals surface area contributed by atoms with Crippen LogP contribution in [-0.4, -0.2) is 35.2 Å². The van der Waals surface area contributed by atoms with Crippen molar-refractivity contribution in [3.8, 4) is 22.5 Å². The molecule has 2 aromatic carbocycles. The number of thioether (sulfide) groups is 1. The van der Waals surface area contributed by atoms with E-state index in [0.717, 1.165) is 45.2 Å². The highest BCUT2D eigenvalue weighted by molar-refractivity contribution is 7.98. The zero-order valence-corrected chi connectivity index (χ0v) is 17.2. The maximum absolute atomic E-state index is 4.64. The molecule has 5 aromatic rings. The van der Waals surface area contributed by atoms with Crippen LogP contribution in [0.2, 0.25) is 0 Å². The Hall–Kier alpha value is -3.52. The molecule has 7 nitrogen and oxygen atoms in total. The molecule has 0 amide bonds.